The van der Waals surface area contributed by atoms with Crippen molar-refractivity contribution in [3.63, 3.8) is 0 Å². The van der Waals surface area contributed by atoms with Crippen molar-refractivity contribution >= 4 is 5.91 Å². The molecule has 18 heavy (non-hydrogen) atoms. The highest BCUT2D eigenvalue weighted by Crippen LogP contribution is 2.25. The highest BCUT2D eigenvalue weighted by Gasteiger charge is 2.18. The Hall–Kier alpha value is -1.62. The number of nitrogens with two attached hydrogens (primary N) is 1. The number of methoxy groups -OCH3 is 1. The molecule has 1 rings (SSSR count). The van der Waals surface area contributed by atoms with Crippen molar-refractivity contribution in [2.75, 3.05) is 7.11 Å². The summed E-state index contributed by atoms with van der Waals surface area (Å²) in [5.74, 6) is -0.0859. The zero-order valence-corrected chi connectivity index (χ0v) is 10.9. The molecule has 2 unspecified atom stereocenters. The van der Waals surface area contributed by atoms with Crippen molar-refractivity contribution in [3.05, 3.63) is 29.6 Å². The first kappa shape index (κ1) is 14.4. The standard InChI is InChI=1S/C13H19FN2O2/c1-4-11(15)13(17)16-8(2)10-7-9(14)5-6-12(10)18-3/h5-8,11H,4,15H2,1-3H3,(H,16,17). The van der Waals surface area contributed by atoms with Crippen LogP contribution in [0.15, 0.2) is 18.2 Å². The first-order valence-corrected chi connectivity index (χ1v) is 5.89. The van der Waals surface area contributed by atoms with Gasteiger partial charge in [-0.2, -0.15) is 0 Å². The predicted molar refractivity (Wildman–Crippen MR) is 67.8 cm³/mol. The van der Waals surface area contributed by atoms with Gasteiger partial charge in [-0.05, 0) is 31.5 Å². The van der Waals surface area contributed by atoms with E-state index in [2.05, 4.69) is 5.32 Å². The van der Waals surface area contributed by atoms with E-state index in [4.69, 9.17) is 10.5 Å². The first-order chi connectivity index (χ1) is 8.49. The maximum Gasteiger partial charge on any atom is 0.237 e. The Morgan fingerprint density at radius 3 is 2.78 bits per heavy atom. The van der Waals surface area contributed by atoms with E-state index in [9.17, 15) is 9.18 Å². The molecule has 0 aliphatic carbocycles. The number of benzene rings is 1. The van der Waals surface area contributed by atoms with Gasteiger partial charge in [0.05, 0.1) is 19.2 Å². The summed E-state index contributed by atoms with van der Waals surface area (Å²) in [6.07, 6.45) is 0.554. The van der Waals surface area contributed by atoms with Gasteiger partial charge in [0.15, 0.2) is 0 Å². The van der Waals surface area contributed by atoms with Gasteiger partial charge in [0.25, 0.3) is 0 Å². The molecule has 5 heteroatoms. The van der Waals surface area contributed by atoms with Gasteiger partial charge in [0.1, 0.15) is 11.6 Å². The van der Waals surface area contributed by atoms with E-state index in [1.807, 2.05) is 6.92 Å². The first-order valence-electron chi connectivity index (χ1n) is 5.89. The van der Waals surface area contributed by atoms with Crippen LogP contribution in [0.3, 0.4) is 0 Å². The van der Waals surface area contributed by atoms with E-state index >= 15 is 0 Å². The Morgan fingerprint density at radius 2 is 2.22 bits per heavy atom. The highest BCUT2D eigenvalue weighted by molar-refractivity contribution is 5.81. The molecule has 4 nitrogen and oxygen atoms in total. The number of nitrogens with one attached hydrogen (secondary N) is 1. The van der Waals surface area contributed by atoms with Crippen molar-refractivity contribution in [2.24, 2.45) is 5.73 Å². The molecule has 1 amide bonds. The molecule has 100 valence electrons. The van der Waals surface area contributed by atoms with Crippen molar-refractivity contribution in [3.8, 4) is 5.75 Å². The third kappa shape index (κ3) is 3.43. The minimum Gasteiger partial charge on any atom is -0.496 e. The molecule has 0 aromatic heterocycles. The van der Waals surface area contributed by atoms with Gasteiger partial charge in [0.2, 0.25) is 5.91 Å². The molecule has 0 heterocycles. The van der Waals surface area contributed by atoms with Crippen LogP contribution in [0.4, 0.5) is 4.39 Å². The number of amides is 1. The summed E-state index contributed by atoms with van der Waals surface area (Å²) >= 11 is 0. The Balaban J connectivity index is 2.86. The van der Waals surface area contributed by atoms with Crippen LogP contribution in [0.5, 0.6) is 5.75 Å². The molecule has 0 aliphatic rings. The second-order valence-electron chi connectivity index (χ2n) is 4.13. The van der Waals surface area contributed by atoms with Crippen LogP contribution < -0.4 is 15.8 Å². The Morgan fingerprint density at radius 1 is 1.56 bits per heavy atom. The zero-order valence-electron chi connectivity index (χ0n) is 10.9. The molecule has 0 spiro atoms. The Bertz CT molecular complexity index is 423. The summed E-state index contributed by atoms with van der Waals surface area (Å²) in [4.78, 5) is 11.7. The van der Waals surface area contributed by atoms with Gasteiger partial charge in [-0.15, -0.1) is 0 Å². The van der Waals surface area contributed by atoms with Crippen LogP contribution in [-0.4, -0.2) is 19.1 Å². The van der Waals surface area contributed by atoms with Crippen LogP contribution >= 0.6 is 0 Å². The fourth-order valence-electron chi connectivity index (χ4n) is 1.63. The molecule has 1 aromatic rings. The molecular formula is C13H19FN2O2. The summed E-state index contributed by atoms with van der Waals surface area (Å²) in [5.41, 5.74) is 6.22. The zero-order chi connectivity index (χ0) is 13.7. The van der Waals surface area contributed by atoms with Crippen molar-refractivity contribution < 1.29 is 13.9 Å². The van der Waals surface area contributed by atoms with E-state index in [0.29, 0.717) is 17.7 Å². The number of carbonyl (C=O) groups is 1. The largest absolute Gasteiger partial charge is 0.496 e. The van der Waals surface area contributed by atoms with Crippen molar-refractivity contribution in [2.45, 2.75) is 32.4 Å². The van der Waals surface area contributed by atoms with Gasteiger partial charge in [-0.1, -0.05) is 6.92 Å². The molecule has 0 saturated carbocycles. The van der Waals surface area contributed by atoms with E-state index in [1.54, 1.807) is 6.92 Å². The number of hydrogen-bond acceptors (Lipinski definition) is 3. The maximum atomic E-state index is 13.2. The minimum atomic E-state index is -0.549. The summed E-state index contributed by atoms with van der Waals surface area (Å²) in [7, 11) is 1.50. The van der Waals surface area contributed by atoms with Gasteiger partial charge < -0.3 is 15.8 Å². The highest BCUT2D eigenvalue weighted by atomic mass is 19.1. The van der Waals surface area contributed by atoms with E-state index in [0.717, 1.165) is 0 Å². The van der Waals surface area contributed by atoms with E-state index in [-0.39, 0.29) is 17.8 Å². The molecule has 0 bridgehead atoms. The number of halogens is 1. The van der Waals surface area contributed by atoms with Gasteiger partial charge >= 0.3 is 0 Å². The molecule has 2 atom stereocenters. The van der Waals surface area contributed by atoms with Crippen LogP contribution in [0.25, 0.3) is 0 Å². The van der Waals surface area contributed by atoms with Crippen LogP contribution in [0.2, 0.25) is 0 Å². The van der Waals surface area contributed by atoms with Crippen molar-refractivity contribution in [1.29, 1.82) is 0 Å². The second-order valence-corrected chi connectivity index (χ2v) is 4.13. The lowest BCUT2D eigenvalue weighted by molar-refractivity contribution is -0.123. The normalized spacial score (nSPS) is 13.8. The lowest BCUT2D eigenvalue weighted by Crippen LogP contribution is -2.41. The summed E-state index contributed by atoms with van der Waals surface area (Å²) in [5, 5.41) is 2.74. The van der Waals surface area contributed by atoms with Crippen LogP contribution in [0, 0.1) is 5.82 Å². The lowest BCUT2D eigenvalue weighted by Gasteiger charge is -2.19. The summed E-state index contributed by atoms with van der Waals surface area (Å²) in [6, 6.07) is 3.29. The number of ether oxygens (including phenoxy) is 1. The number of carbonyl (C=O) groups excluding carboxylic acids is 1. The fourth-order valence-corrected chi connectivity index (χ4v) is 1.63. The smallest absolute Gasteiger partial charge is 0.237 e. The molecule has 3 N–H and O–H groups in total. The minimum absolute atomic E-state index is 0.253. The van der Waals surface area contributed by atoms with E-state index in [1.165, 1.54) is 25.3 Å². The van der Waals surface area contributed by atoms with Crippen molar-refractivity contribution in [1.82, 2.24) is 5.32 Å². The number of hydrogen-bond donors (Lipinski definition) is 2. The quantitative estimate of drug-likeness (QED) is 0.841. The molecule has 0 aliphatic heterocycles. The maximum absolute atomic E-state index is 13.2. The fraction of sp³-hybridized carbons (Fsp3) is 0.462. The monoisotopic (exact) mass is 254 g/mol. The average molecular weight is 254 g/mol. The SMILES string of the molecule is CCC(N)C(=O)NC(C)c1cc(F)ccc1OC. The Labute approximate surface area is 106 Å². The molecule has 0 saturated heterocycles. The topological polar surface area (TPSA) is 64.4 Å². The van der Waals surface area contributed by atoms with Gasteiger partial charge in [-0.25, -0.2) is 4.39 Å². The van der Waals surface area contributed by atoms with Crippen LogP contribution in [-0.2, 0) is 4.79 Å². The second kappa shape index (κ2) is 6.35. The molecule has 0 radical (unpaired) electrons. The third-order valence-electron chi connectivity index (χ3n) is 2.79. The average Bonchev–Trinajstić information content (AvgIpc) is 2.37. The molecule has 1 aromatic carbocycles. The lowest BCUT2D eigenvalue weighted by atomic mass is 10.1. The number of rotatable bonds is 5. The third-order valence-corrected chi connectivity index (χ3v) is 2.79. The summed E-state index contributed by atoms with van der Waals surface area (Å²) < 4.78 is 18.4. The molecule has 0 fully saturated rings. The Kier molecular flexibility index (Phi) is 5.09. The van der Waals surface area contributed by atoms with E-state index < -0.39 is 6.04 Å². The van der Waals surface area contributed by atoms with Crippen LogP contribution in [0.1, 0.15) is 31.9 Å². The molecular weight excluding hydrogens is 235 g/mol. The van der Waals surface area contributed by atoms with Gasteiger partial charge in [0, 0.05) is 5.56 Å². The predicted octanol–water partition coefficient (Wildman–Crippen LogP) is 1.75. The summed E-state index contributed by atoms with van der Waals surface area (Å²) in [6.45, 7) is 3.59. The van der Waals surface area contributed by atoms with Gasteiger partial charge in [-0.3, -0.25) is 4.79 Å².